The van der Waals surface area contributed by atoms with Gasteiger partial charge in [0.1, 0.15) is 0 Å². The van der Waals surface area contributed by atoms with Gasteiger partial charge in [0.15, 0.2) is 5.78 Å². The Morgan fingerprint density at radius 1 is 1.17 bits per heavy atom. The Kier molecular flexibility index (Phi) is 3.68. The van der Waals surface area contributed by atoms with Gasteiger partial charge in [0.2, 0.25) is 0 Å². The molecule has 2 N–H and O–H groups in total. The number of Topliss-reactive ketones (excluding diaryl/α,β-unsaturated/α-hetero) is 1. The van der Waals surface area contributed by atoms with E-state index in [0.717, 1.165) is 11.1 Å². The Morgan fingerprint density at radius 2 is 1.83 bits per heavy atom. The van der Waals surface area contributed by atoms with Crippen LogP contribution in [0.15, 0.2) is 42.5 Å². The summed E-state index contributed by atoms with van der Waals surface area (Å²) in [7, 11) is 0. The van der Waals surface area contributed by atoms with Crippen molar-refractivity contribution in [3.05, 3.63) is 64.2 Å². The third kappa shape index (κ3) is 2.90. The van der Waals surface area contributed by atoms with Crippen molar-refractivity contribution in [1.82, 2.24) is 0 Å². The van der Waals surface area contributed by atoms with Crippen molar-refractivity contribution in [3.8, 4) is 0 Å². The number of ketones is 1. The standard InChI is InChI=1S/C15H14ClNO/c1-10-8-12(4-7-14(10)17)15(18)9-11-2-5-13(16)6-3-11/h2-8H,9,17H2,1H3. The number of carbonyl (C=O) groups is 1. The second-order valence-electron chi connectivity index (χ2n) is 4.30. The minimum Gasteiger partial charge on any atom is -0.399 e. The van der Waals surface area contributed by atoms with Gasteiger partial charge in [-0.1, -0.05) is 23.7 Å². The van der Waals surface area contributed by atoms with Crippen molar-refractivity contribution in [3.63, 3.8) is 0 Å². The fourth-order valence-electron chi connectivity index (χ4n) is 1.74. The summed E-state index contributed by atoms with van der Waals surface area (Å²) in [5, 5.41) is 0.675. The number of hydrogen-bond donors (Lipinski definition) is 1. The number of nitrogen functional groups attached to an aromatic ring is 1. The van der Waals surface area contributed by atoms with E-state index < -0.39 is 0 Å². The average molecular weight is 260 g/mol. The first-order valence-electron chi connectivity index (χ1n) is 5.70. The largest absolute Gasteiger partial charge is 0.399 e. The molecule has 0 unspecified atom stereocenters. The second kappa shape index (κ2) is 5.23. The van der Waals surface area contributed by atoms with E-state index in [4.69, 9.17) is 17.3 Å². The SMILES string of the molecule is Cc1cc(C(=O)Cc2ccc(Cl)cc2)ccc1N. The lowest BCUT2D eigenvalue weighted by Gasteiger charge is -2.05. The number of rotatable bonds is 3. The van der Waals surface area contributed by atoms with Gasteiger partial charge < -0.3 is 5.73 Å². The molecule has 0 saturated carbocycles. The molecule has 2 rings (SSSR count). The highest BCUT2D eigenvalue weighted by atomic mass is 35.5. The van der Waals surface area contributed by atoms with E-state index in [1.165, 1.54) is 0 Å². The molecule has 3 heteroatoms. The summed E-state index contributed by atoms with van der Waals surface area (Å²) < 4.78 is 0. The van der Waals surface area contributed by atoms with E-state index in [9.17, 15) is 4.79 Å². The summed E-state index contributed by atoms with van der Waals surface area (Å²) in [5.41, 5.74) is 9.02. The van der Waals surface area contributed by atoms with Gasteiger partial charge in [-0.3, -0.25) is 4.79 Å². The van der Waals surface area contributed by atoms with Gasteiger partial charge in [-0.15, -0.1) is 0 Å². The van der Waals surface area contributed by atoms with Gasteiger partial charge in [0, 0.05) is 22.7 Å². The van der Waals surface area contributed by atoms with Gasteiger partial charge >= 0.3 is 0 Å². The van der Waals surface area contributed by atoms with Crippen LogP contribution in [-0.4, -0.2) is 5.78 Å². The van der Waals surface area contributed by atoms with Gasteiger partial charge in [-0.25, -0.2) is 0 Å². The molecule has 18 heavy (non-hydrogen) atoms. The van der Waals surface area contributed by atoms with Crippen LogP contribution in [0.2, 0.25) is 5.02 Å². The number of aryl methyl sites for hydroxylation is 1. The summed E-state index contributed by atoms with van der Waals surface area (Å²) >= 11 is 5.80. The second-order valence-corrected chi connectivity index (χ2v) is 4.73. The van der Waals surface area contributed by atoms with E-state index in [-0.39, 0.29) is 5.78 Å². The summed E-state index contributed by atoms with van der Waals surface area (Å²) in [6.07, 6.45) is 0.376. The quantitative estimate of drug-likeness (QED) is 0.675. The molecule has 0 saturated heterocycles. The highest BCUT2D eigenvalue weighted by Gasteiger charge is 2.08. The van der Waals surface area contributed by atoms with Gasteiger partial charge in [0.25, 0.3) is 0 Å². The van der Waals surface area contributed by atoms with E-state index in [0.29, 0.717) is 22.7 Å². The Balaban J connectivity index is 2.16. The number of benzene rings is 2. The van der Waals surface area contributed by atoms with Crippen LogP contribution in [0.5, 0.6) is 0 Å². The maximum atomic E-state index is 12.1. The molecule has 0 aromatic heterocycles. The van der Waals surface area contributed by atoms with E-state index in [2.05, 4.69) is 0 Å². The zero-order valence-electron chi connectivity index (χ0n) is 10.1. The average Bonchev–Trinajstić information content (AvgIpc) is 2.35. The lowest BCUT2D eigenvalue weighted by Crippen LogP contribution is -2.04. The molecule has 0 radical (unpaired) electrons. The molecule has 0 amide bonds. The summed E-state index contributed by atoms with van der Waals surface area (Å²) in [6, 6.07) is 12.7. The van der Waals surface area contributed by atoms with Crippen molar-refractivity contribution in [1.29, 1.82) is 0 Å². The summed E-state index contributed by atoms with van der Waals surface area (Å²) in [5.74, 6) is 0.0837. The molecule has 0 aliphatic rings. The van der Waals surface area contributed by atoms with Crippen molar-refractivity contribution < 1.29 is 4.79 Å². The lowest BCUT2D eigenvalue weighted by molar-refractivity contribution is 0.0993. The first kappa shape index (κ1) is 12.7. The Bertz CT molecular complexity index is 576. The molecule has 92 valence electrons. The summed E-state index contributed by atoms with van der Waals surface area (Å²) in [6.45, 7) is 1.90. The van der Waals surface area contributed by atoms with Crippen molar-refractivity contribution >= 4 is 23.1 Å². The molecule has 0 aliphatic carbocycles. The van der Waals surface area contributed by atoms with Crippen LogP contribution >= 0.6 is 11.6 Å². The predicted molar refractivity (Wildman–Crippen MR) is 75.1 cm³/mol. The number of halogens is 1. The first-order chi connectivity index (χ1) is 8.56. The van der Waals surface area contributed by atoms with Gasteiger partial charge in [-0.2, -0.15) is 0 Å². The highest BCUT2D eigenvalue weighted by molar-refractivity contribution is 6.30. The topological polar surface area (TPSA) is 43.1 Å². The van der Waals surface area contributed by atoms with Crippen molar-refractivity contribution in [2.75, 3.05) is 5.73 Å². The van der Waals surface area contributed by atoms with E-state index in [1.54, 1.807) is 24.3 Å². The maximum Gasteiger partial charge on any atom is 0.167 e. The van der Waals surface area contributed by atoms with E-state index in [1.807, 2.05) is 25.1 Å². The number of hydrogen-bond acceptors (Lipinski definition) is 2. The number of nitrogens with two attached hydrogens (primary N) is 1. The minimum absolute atomic E-state index is 0.0837. The fraction of sp³-hybridized carbons (Fsp3) is 0.133. The molecule has 2 aromatic carbocycles. The van der Waals surface area contributed by atoms with Crippen LogP contribution < -0.4 is 5.73 Å². The Labute approximate surface area is 111 Å². The van der Waals surface area contributed by atoms with Crippen molar-refractivity contribution in [2.24, 2.45) is 0 Å². The molecule has 0 fully saturated rings. The molecule has 0 heterocycles. The van der Waals surface area contributed by atoms with Crippen LogP contribution in [0.1, 0.15) is 21.5 Å². The molecule has 0 bridgehead atoms. The lowest BCUT2D eigenvalue weighted by atomic mass is 10.0. The van der Waals surface area contributed by atoms with E-state index >= 15 is 0 Å². The maximum absolute atomic E-state index is 12.1. The van der Waals surface area contributed by atoms with Crippen LogP contribution in [0, 0.1) is 6.92 Å². The molecular weight excluding hydrogens is 246 g/mol. The zero-order valence-corrected chi connectivity index (χ0v) is 10.9. The fourth-order valence-corrected chi connectivity index (χ4v) is 1.86. The van der Waals surface area contributed by atoms with Gasteiger partial charge in [-0.05, 0) is 48.4 Å². The molecule has 0 spiro atoms. The first-order valence-corrected chi connectivity index (χ1v) is 6.08. The molecule has 2 aromatic rings. The third-order valence-corrected chi connectivity index (χ3v) is 3.12. The van der Waals surface area contributed by atoms with Crippen LogP contribution in [0.3, 0.4) is 0 Å². The summed E-state index contributed by atoms with van der Waals surface area (Å²) in [4.78, 5) is 12.1. The van der Waals surface area contributed by atoms with Crippen LogP contribution in [-0.2, 0) is 6.42 Å². The Hall–Kier alpha value is -1.80. The number of carbonyl (C=O) groups excluding carboxylic acids is 1. The Morgan fingerprint density at radius 3 is 2.44 bits per heavy atom. The van der Waals surface area contributed by atoms with Crippen LogP contribution in [0.4, 0.5) is 5.69 Å². The monoisotopic (exact) mass is 259 g/mol. The zero-order chi connectivity index (χ0) is 13.1. The van der Waals surface area contributed by atoms with Crippen molar-refractivity contribution in [2.45, 2.75) is 13.3 Å². The third-order valence-electron chi connectivity index (χ3n) is 2.87. The normalized spacial score (nSPS) is 10.3. The van der Waals surface area contributed by atoms with Crippen LogP contribution in [0.25, 0.3) is 0 Å². The van der Waals surface area contributed by atoms with Gasteiger partial charge in [0.05, 0.1) is 0 Å². The highest BCUT2D eigenvalue weighted by Crippen LogP contribution is 2.16. The number of anilines is 1. The predicted octanol–water partition coefficient (Wildman–Crippen LogP) is 3.66. The molecule has 2 nitrogen and oxygen atoms in total. The molecule has 0 aliphatic heterocycles. The minimum atomic E-state index is 0.0837. The smallest absolute Gasteiger partial charge is 0.167 e. The molecular formula is C15H14ClNO. The molecule has 0 atom stereocenters.